The van der Waals surface area contributed by atoms with Gasteiger partial charge in [0.25, 0.3) is 0 Å². The molecule has 0 aromatic heterocycles. The monoisotopic (exact) mass is 251 g/mol. The van der Waals surface area contributed by atoms with Gasteiger partial charge in [-0.05, 0) is 43.9 Å². The summed E-state index contributed by atoms with van der Waals surface area (Å²) in [6.07, 6.45) is 10.9. The average molecular weight is 251 g/mol. The van der Waals surface area contributed by atoms with Crippen molar-refractivity contribution in [2.75, 3.05) is 13.1 Å². The van der Waals surface area contributed by atoms with Gasteiger partial charge in [-0.2, -0.15) is 12.6 Å². The smallest absolute Gasteiger partial charge is 0.128 e. The van der Waals surface area contributed by atoms with Gasteiger partial charge in [-0.3, -0.25) is 0 Å². The summed E-state index contributed by atoms with van der Waals surface area (Å²) in [7, 11) is 0. The first-order chi connectivity index (χ1) is 8.22. The van der Waals surface area contributed by atoms with E-state index in [2.05, 4.69) is 23.6 Å². The molecule has 3 aliphatic rings. The Hall–Kier alpha value is -0.440. The molecule has 17 heavy (non-hydrogen) atoms. The van der Waals surface area contributed by atoms with E-state index in [1.54, 1.807) is 0 Å². The molecule has 94 valence electrons. The van der Waals surface area contributed by atoms with Crippen molar-refractivity contribution in [3.8, 4) is 0 Å². The minimum atomic E-state index is 0.131. The van der Waals surface area contributed by atoms with Gasteiger partial charge in [-0.1, -0.05) is 6.08 Å². The van der Waals surface area contributed by atoms with Crippen LogP contribution < -0.4 is 0 Å². The maximum atomic E-state index is 11.2. The van der Waals surface area contributed by atoms with Gasteiger partial charge in [0.2, 0.25) is 0 Å². The van der Waals surface area contributed by atoms with Gasteiger partial charge in [-0.15, -0.1) is 0 Å². The van der Waals surface area contributed by atoms with Crippen LogP contribution >= 0.6 is 12.6 Å². The number of carbonyl (C=O) groups is 1. The maximum absolute atomic E-state index is 11.2. The fourth-order valence-electron chi connectivity index (χ4n) is 3.30. The first-order valence-electron chi connectivity index (χ1n) is 6.82. The zero-order chi connectivity index (χ0) is 11.9. The summed E-state index contributed by atoms with van der Waals surface area (Å²) >= 11 is 4.55. The lowest BCUT2D eigenvalue weighted by atomic mass is 9.88. The second kappa shape index (κ2) is 4.34. The molecule has 2 atom stereocenters. The zero-order valence-electron chi connectivity index (χ0n) is 10.3. The van der Waals surface area contributed by atoms with E-state index in [1.807, 2.05) is 0 Å². The molecular formula is C14H21NOS. The number of piperidine rings is 1. The van der Waals surface area contributed by atoms with E-state index in [1.165, 1.54) is 31.4 Å². The lowest BCUT2D eigenvalue weighted by Gasteiger charge is -2.39. The number of carbonyl (C=O) groups excluding carboxylic acids is 1. The van der Waals surface area contributed by atoms with Gasteiger partial charge in [0, 0.05) is 24.0 Å². The molecule has 0 amide bonds. The summed E-state index contributed by atoms with van der Waals surface area (Å²) in [5.41, 5.74) is 1.98. The first kappa shape index (κ1) is 11.6. The van der Waals surface area contributed by atoms with E-state index in [0.29, 0.717) is 10.7 Å². The molecule has 0 aromatic carbocycles. The minimum Gasteiger partial charge on any atom is -0.374 e. The normalized spacial score (nSPS) is 35.6. The van der Waals surface area contributed by atoms with Crippen molar-refractivity contribution < 1.29 is 4.79 Å². The highest BCUT2D eigenvalue weighted by Crippen LogP contribution is 2.54. The Balaban J connectivity index is 1.71. The van der Waals surface area contributed by atoms with E-state index in [-0.39, 0.29) is 5.92 Å². The number of allylic oxidation sites excluding steroid dienone is 1. The van der Waals surface area contributed by atoms with Crippen LogP contribution in [0.15, 0.2) is 11.8 Å². The van der Waals surface area contributed by atoms with Crippen LogP contribution in [0, 0.1) is 11.3 Å². The predicted octanol–water partition coefficient (Wildman–Crippen LogP) is 2.65. The molecule has 2 aliphatic carbocycles. The number of thiol groups is 1. The highest BCUT2D eigenvalue weighted by atomic mass is 32.1. The molecule has 0 N–H and O–H groups in total. The number of nitrogens with zero attached hydrogens (tertiary/aromatic N) is 1. The molecule has 1 saturated carbocycles. The molecule has 2 unspecified atom stereocenters. The number of likely N-dealkylation sites (tertiary alicyclic amines) is 1. The molecule has 1 aliphatic heterocycles. The summed E-state index contributed by atoms with van der Waals surface area (Å²) in [4.78, 5) is 13.6. The van der Waals surface area contributed by atoms with Crippen LogP contribution in [0.3, 0.4) is 0 Å². The lowest BCUT2D eigenvalue weighted by Crippen LogP contribution is -2.38. The second-order valence-corrected chi connectivity index (χ2v) is 6.63. The first-order valence-corrected chi connectivity index (χ1v) is 7.34. The summed E-state index contributed by atoms with van der Waals surface area (Å²) in [6.45, 7) is 2.30. The summed E-state index contributed by atoms with van der Waals surface area (Å²) in [5.74, 6) is 0.131. The predicted molar refractivity (Wildman–Crippen MR) is 72.1 cm³/mol. The van der Waals surface area contributed by atoms with Crippen LogP contribution in [0.2, 0.25) is 0 Å². The molecule has 2 nitrogen and oxygen atoms in total. The molecule has 3 heteroatoms. The SMILES string of the molecule is O=CC1CCC(S)C=C1N1CCC2(CC1)CC2. The third-order valence-electron chi connectivity index (χ3n) is 4.83. The van der Waals surface area contributed by atoms with Crippen LogP contribution in [0.1, 0.15) is 38.5 Å². The Bertz CT molecular complexity index is 338. The van der Waals surface area contributed by atoms with Crippen molar-refractivity contribution >= 4 is 18.9 Å². The van der Waals surface area contributed by atoms with Gasteiger partial charge < -0.3 is 9.69 Å². The highest BCUT2D eigenvalue weighted by Gasteiger charge is 2.45. The highest BCUT2D eigenvalue weighted by molar-refractivity contribution is 7.81. The van der Waals surface area contributed by atoms with Crippen molar-refractivity contribution in [1.29, 1.82) is 0 Å². The molecule has 0 bridgehead atoms. The molecule has 0 aromatic rings. The van der Waals surface area contributed by atoms with Gasteiger partial charge in [-0.25, -0.2) is 0 Å². The van der Waals surface area contributed by atoms with Gasteiger partial charge in [0.15, 0.2) is 0 Å². The standard InChI is InChI=1S/C14H21NOS/c16-10-11-1-2-12(17)9-13(11)15-7-5-14(3-4-14)6-8-15/h9-12,17H,1-8H2. The summed E-state index contributed by atoms with van der Waals surface area (Å²) < 4.78 is 0. The van der Waals surface area contributed by atoms with Crippen LogP contribution in [-0.2, 0) is 4.79 Å². The van der Waals surface area contributed by atoms with E-state index in [4.69, 9.17) is 0 Å². The fourth-order valence-corrected chi connectivity index (χ4v) is 3.60. The van der Waals surface area contributed by atoms with Gasteiger partial charge in [0.1, 0.15) is 6.29 Å². The van der Waals surface area contributed by atoms with Crippen LogP contribution in [0.5, 0.6) is 0 Å². The van der Waals surface area contributed by atoms with Crippen molar-refractivity contribution in [2.24, 2.45) is 11.3 Å². The maximum Gasteiger partial charge on any atom is 0.128 e. The number of hydrogen-bond donors (Lipinski definition) is 1. The third kappa shape index (κ3) is 2.26. The topological polar surface area (TPSA) is 20.3 Å². The van der Waals surface area contributed by atoms with Crippen molar-refractivity contribution in [2.45, 2.75) is 43.8 Å². The van der Waals surface area contributed by atoms with Crippen LogP contribution in [0.4, 0.5) is 0 Å². The van der Waals surface area contributed by atoms with E-state index >= 15 is 0 Å². The second-order valence-electron chi connectivity index (χ2n) is 5.97. The van der Waals surface area contributed by atoms with Crippen molar-refractivity contribution in [3.05, 3.63) is 11.8 Å². The third-order valence-corrected chi connectivity index (χ3v) is 5.23. The average Bonchev–Trinajstić information content (AvgIpc) is 3.10. The van der Waals surface area contributed by atoms with E-state index < -0.39 is 0 Å². The summed E-state index contributed by atoms with van der Waals surface area (Å²) in [5, 5.41) is 0.345. The van der Waals surface area contributed by atoms with Crippen molar-refractivity contribution in [3.63, 3.8) is 0 Å². The minimum absolute atomic E-state index is 0.131. The van der Waals surface area contributed by atoms with Crippen molar-refractivity contribution in [1.82, 2.24) is 4.90 Å². The largest absolute Gasteiger partial charge is 0.374 e. The van der Waals surface area contributed by atoms with E-state index in [9.17, 15) is 4.79 Å². The lowest BCUT2D eigenvalue weighted by molar-refractivity contribution is -0.111. The Morgan fingerprint density at radius 3 is 2.53 bits per heavy atom. The van der Waals surface area contributed by atoms with Gasteiger partial charge in [0.05, 0.1) is 5.92 Å². The van der Waals surface area contributed by atoms with E-state index in [0.717, 1.165) is 32.2 Å². The number of rotatable bonds is 2. The molecule has 2 fully saturated rings. The molecule has 0 radical (unpaired) electrons. The van der Waals surface area contributed by atoms with Crippen LogP contribution in [-0.4, -0.2) is 29.5 Å². The fraction of sp³-hybridized carbons (Fsp3) is 0.786. The zero-order valence-corrected chi connectivity index (χ0v) is 11.2. The molecule has 1 heterocycles. The Kier molecular flexibility index (Phi) is 2.97. The molecule has 1 spiro atoms. The van der Waals surface area contributed by atoms with Gasteiger partial charge >= 0.3 is 0 Å². The molecule has 3 rings (SSSR count). The van der Waals surface area contributed by atoms with Crippen LogP contribution in [0.25, 0.3) is 0 Å². The number of aldehydes is 1. The molecular weight excluding hydrogens is 230 g/mol. The number of hydrogen-bond acceptors (Lipinski definition) is 3. The summed E-state index contributed by atoms with van der Waals surface area (Å²) in [6, 6.07) is 0. The molecule has 1 saturated heterocycles. The Morgan fingerprint density at radius 1 is 1.24 bits per heavy atom. The quantitative estimate of drug-likeness (QED) is 0.601. The Morgan fingerprint density at radius 2 is 1.94 bits per heavy atom. The Labute approximate surface area is 109 Å².